The molecule has 0 atom stereocenters. The Bertz CT molecular complexity index is 924. The summed E-state index contributed by atoms with van der Waals surface area (Å²) in [6.45, 7) is 0.499. The lowest BCUT2D eigenvalue weighted by Crippen LogP contribution is -2.22. The third-order valence-corrected chi connectivity index (χ3v) is 4.99. The second-order valence-electron chi connectivity index (χ2n) is 7.16. The average Bonchev–Trinajstić information content (AvgIpc) is 2.74. The molecule has 5 nitrogen and oxygen atoms in total. The average molecular weight is 377 g/mol. The van der Waals surface area contributed by atoms with Gasteiger partial charge in [-0.1, -0.05) is 31.4 Å². The van der Waals surface area contributed by atoms with E-state index in [1.54, 1.807) is 18.5 Å². The van der Waals surface area contributed by atoms with E-state index in [9.17, 15) is 4.39 Å². The molecule has 1 aliphatic carbocycles. The first-order valence-electron chi connectivity index (χ1n) is 9.80. The molecule has 0 aliphatic heterocycles. The van der Waals surface area contributed by atoms with Gasteiger partial charge in [0.2, 0.25) is 0 Å². The van der Waals surface area contributed by atoms with Crippen molar-refractivity contribution < 1.29 is 4.39 Å². The predicted molar refractivity (Wildman–Crippen MR) is 109 cm³/mol. The van der Waals surface area contributed by atoms with Crippen molar-refractivity contribution in [2.45, 2.75) is 44.7 Å². The van der Waals surface area contributed by atoms with E-state index in [1.807, 2.05) is 24.3 Å². The highest BCUT2D eigenvalue weighted by Gasteiger charge is 2.14. The highest BCUT2D eigenvalue weighted by Crippen LogP contribution is 2.23. The molecule has 0 saturated heterocycles. The molecule has 2 heterocycles. The number of hydrogen-bond donors (Lipinski definition) is 2. The molecule has 3 aromatic rings. The fraction of sp³-hybridized carbons (Fsp3) is 0.318. The van der Waals surface area contributed by atoms with Crippen LogP contribution in [0.25, 0.3) is 11.4 Å². The van der Waals surface area contributed by atoms with Gasteiger partial charge in [0.1, 0.15) is 17.5 Å². The monoisotopic (exact) mass is 377 g/mol. The van der Waals surface area contributed by atoms with Crippen LogP contribution in [-0.2, 0) is 6.54 Å². The number of halogens is 1. The van der Waals surface area contributed by atoms with Crippen LogP contribution in [-0.4, -0.2) is 21.0 Å². The summed E-state index contributed by atoms with van der Waals surface area (Å²) < 4.78 is 13.3. The maximum absolute atomic E-state index is 13.3. The van der Waals surface area contributed by atoms with Crippen LogP contribution in [0, 0.1) is 5.82 Å². The molecule has 4 rings (SSSR count). The molecule has 0 bridgehead atoms. The topological polar surface area (TPSA) is 62.7 Å². The quantitative estimate of drug-likeness (QED) is 0.630. The Morgan fingerprint density at radius 1 is 0.929 bits per heavy atom. The molecule has 0 unspecified atom stereocenters. The molecule has 1 fully saturated rings. The van der Waals surface area contributed by atoms with E-state index in [0.29, 0.717) is 24.2 Å². The number of nitrogens with one attached hydrogen (secondary N) is 2. The minimum absolute atomic E-state index is 0.238. The lowest BCUT2D eigenvalue weighted by atomic mass is 9.95. The van der Waals surface area contributed by atoms with E-state index in [-0.39, 0.29) is 5.82 Å². The van der Waals surface area contributed by atoms with Crippen molar-refractivity contribution in [3.63, 3.8) is 0 Å². The molecule has 0 radical (unpaired) electrons. The minimum Gasteiger partial charge on any atom is -0.367 e. The SMILES string of the molecule is Fc1cccc(CNc2ccnc(-c3ccnc(NC4CCCCC4)c3)n2)c1. The molecule has 144 valence electrons. The lowest BCUT2D eigenvalue weighted by Gasteiger charge is -2.23. The minimum atomic E-state index is -0.238. The smallest absolute Gasteiger partial charge is 0.161 e. The van der Waals surface area contributed by atoms with Crippen LogP contribution in [0.2, 0.25) is 0 Å². The van der Waals surface area contributed by atoms with Crippen LogP contribution in [0.15, 0.2) is 54.9 Å². The standard InChI is InChI=1S/C22H24FN5/c23-18-6-4-5-16(13-18)15-26-20-10-12-25-22(28-20)17-9-11-24-21(14-17)27-19-7-2-1-3-8-19/h4-6,9-14,19H,1-3,7-8,15H2,(H,24,27)(H,25,26,28). The van der Waals surface area contributed by atoms with Gasteiger partial charge in [-0.25, -0.2) is 19.3 Å². The number of nitrogens with zero attached hydrogens (tertiary/aromatic N) is 3. The van der Waals surface area contributed by atoms with E-state index in [2.05, 4.69) is 25.6 Å². The van der Waals surface area contributed by atoms with Gasteiger partial charge in [-0.2, -0.15) is 0 Å². The van der Waals surface area contributed by atoms with Crippen LogP contribution in [0.5, 0.6) is 0 Å². The number of anilines is 2. The van der Waals surface area contributed by atoms with Crippen LogP contribution >= 0.6 is 0 Å². The molecule has 2 N–H and O–H groups in total. The van der Waals surface area contributed by atoms with Gasteiger partial charge in [0.25, 0.3) is 0 Å². The van der Waals surface area contributed by atoms with E-state index in [4.69, 9.17) is 0 Å². The summed E-state index contributed by atoms with van der Waals surface area (Å²) in [6, 6.07) is 12.8. The fourth-order valence-electron chi connectivity index (χ4n) is 3.54. The number of benzene rings is 1. The van der Waals surface area contributed by atoms with Gasteiger partial charge in [0.15, 0.2) is 5.82 Å². The summed E-state index contributed by atoms with van der Waals surface area (Å²) in [6.07, 6.45) is 9.79. The molecule has 1 aliphatic rings. The first-order chi connectivity index (χ1) is 13.8. The van der Waals surface area contributed by atoms with E-state index in [1.165, 1.54) is 44.2 Å². The molecular weight excluding hydrogens is 353 g/mol. The van der Waals surface area contributed by atoms with E-state index >= 15 is 0 Å². The van der Waals surface area contributed by atoms with E-state index < -0.39 is 0 Å². The van der Waals surface area contributed by atoms with Crippen molar-refractivity contribution in [3.05, 3.63) is 66.2 Å². The zero-order valence-electron chi connectivity index (χ0n) is 15.7. The maximum atomic E-state index is 13.3. The van der Waals surface area contributed by atoms with Crippen molar-refractivity contribution >= 4 is 11.6 Å². The Morgan fingerprint density at radius 3 is 2.64 bits per heavy atom. The summed E-state index contributed by atoms with van der Waals surface area (Å²) >= 11 is 0. The first-order valence-corrected chi connectivity index (χ1v) is 9.80. The maximum Gasteiger partial charge on any atom is 0.161 e. The number of rotatable bonds is 6. The molecule has 0 amide bonds. The summed E-state index contributed by atoms with van der Waals surface area (Å²) in [7, 11) is 0. The Kier molecular flexibility index (Phi) is 5.75. The van der Waals surface area contributed by atoms with Crippen LogP contribution < -0.4 is 10.6 Å². The zero-order valence-corrected chi connectivity index (χ0v) is 15.7. The zero-order chi connectivity index (χ0) is 19.2. The number of aromatic nitrogens is 3. The van der Waals surface area contributed by atoms with Crippen molar-refractivity contribution in [3.8, 4) is 11.4 Å². The highest BCUT2D eigenvalue weighted by atomic mass is 19.1. The third-order valence-electron chi connectivity index (χ3n) is 4.99. The van der Waals surface area contributed by atoms with Crippen LogP contribution in [0.1, 0.15) is 37.7 Å². The van der Waals surface area contributed by atoms with Crippen LogP contribution in [0.3, 0.4) is 0 Å². The third kappa shape index (κ3) is 4.82. The van der Waals surface area contributed by atoms with Crippen LogP contribution in [0.4, 0.5) is 16.0 Å². The van der Waals surface area contributed by atoms with Crippen molar-refractivity contribution in [1.82, 2.24) is 15.0 Å². The van der Waals surface area contributed by atoms with Gasteiger partial charge >= 0.3 is 0 Å². The summed E-state index contributed by atoms with van der Waals surface area (Å²) in [5.74, 6) is 1.97. The lowest BCUT2D eigenvalue weighted by molar-refractivity contribution is 0.462. The van der Waals surface area contributed by atoms with Gasteiger partial charge in [-0.15, -0.1) is 0 Å². The Morgan fingerprint density at radius 2 is 1.79 bits per heavy atom. The molecular formula is C22H24FN5. The fourth-order valence-corrected chi connectivity index (χ4v) is 3.54. The number of hydrogen-bond acceptors (Lipinski definition) is 5. The van der Waals surface area contributed by atoms with Gasteiger partial charge < -0.3 is 10.6 Å². The van der Waals surface area contributed by atoms with Gasteiger partial charge in [0.05, 0.1) is 0 Å². The number of pyridine rings is 1. The van der Waals surface area contributed by atoms with Gasteiger partial charge in [0, 0.05) is 30.5 Å². The Balaban J connectivity index is 1.45. The normalized spacial score (nSPS) is 14.6. The van der Waals surface area contributed by atoms with Crippen molar-refractivity contribution in [2.24, 2.45) is 0 Å². The predicted octanol–water partition coefficient (Wildman–Crippen LogP) is 5.03. The molecule has 28 heavy (non-hydrogen) atoms. The Labute approximate surface area is 164 Å². The summed E-state index contributed by atoms with van der Waals surface area (Å²) in [5.41, 5.74) is 1.78. The highest BCUT2D eigenvalue weighted by molar-refractivity contribution is 5.61. The molecule has 0 spiro atoms. The molecule has 1 saturated carbocycles. The van der Waals surface area contributed by atoms with Gasteiger partial charge in [-0.05, 0) is 48.7 Å². The second kappa shape index (κ2) is 8.78. The molecule has 2 aromatic heterocycles. The Hall–Kier alpha value is -3.02. The van der Waals surface area contributed by atoms with Gasteiger partial charge in [-0.3, -0.25) is 0 Å². The van der Waals surface area contributed by atoms with Crippen molar-refractivity contribution in [1.29, 1.82) is 0 Å². The summed E-state index contributed by atoms with van der Waals surface area (Å²) in [5, 5.41) is 6.77. The first kappa shape index (κ1) is 18.3. The van der Waals surface area contributed by atoms with E-state index in [0.717, 1.165) is 16.9 Å². The van der Waals surface area contributed by atoms with Crippen molar-refractivity contribution in [2.75, 3.05) is 10.6 Å². The largest absolute Gasteiger partial charge is 0.367 e. The second-order valence-corrected chi connectivity index (χ2v) is 7.16. The molecule has 1 aromatic carbocycles. The molecule has 6 heteroatoms. The summed E-state index contributed by atoms with van der Waals surface area (Å²) in [4.78, 5) is 13.4.